The molecular weight excluding hydrogens is 645 g/mol. The molecule has 0 atom stereocenters. The quantitative estimate of drug-likeness (QED) is 0.166. The molecule has 1 heterocycles. The summed E-state index contributed by atoms with van der Waals surface area (Å²) in [5, 5.41) is 4.68. The Labute approximate surface area is 311 Å². The number of para-hydroxylation sites is 3. The molecule has 258 valence electrons. The molecule has 7 aromatic carbocycles. The van der Waals surface area contributed by atoms with Crippen molar-refractivity contribution in [1.29, 1.82) is 0 Å². The van der Waals surface area contributed by atoms with Gasteiger partial charge in [-0.05, 0) is 145 Å². The lowest BCUT2D eigenvalue weighted by Crippen LogP contribution is -2.43. The van der Waals surface area contributed by atoms with Crippen LogP contribution in [0.3, 0.4) is 0 Å². The van der Waals surface area contributed by atoms with E-state index in [0.29, 0.717) is 5.92 Å². The molecule has 0 amide bonds. The van der Waals surface area contributed by atoms with Gasteiger partial charge in [-0.25, -0.2) is 0 Å². The van der Waals surface area contributed by atoms with Crippen molar-refractivity contribution in [3.05, 3.63) is 169 Å². The fraction of sp³-hybridized carbons (Fsp3) is 0.200. The van der Waals surface area contributed by atoms with Gasteiger partial charge in [0.05, 0.1) is 5.69 Å². The molecular formula is C50H42N2O. The Morgan fingerprint density at radius 1 is 0.415 bits per heavy atom. The van der Waals surface area contributed by atoms with Gasteiger partial charge in [0.15, 0.2) is 5.58 Å². The molecule has 4 fully saturated rings. The van der Waals surface area contributed by atoms with Crippen molar-refractivity contribution >= 4 is 66.8 Å². The van der Waals surface area contributed by atoms with E-state index in [-0.39, 0.29) is 0 Å². The average Bonchev–Trinajstić information content (AvgIpc) is 3.58. The lowest BCUT2D eigenvalue weighted by Gasteiger charge is -2.54. The number of anilines is 6. The number of nitrogens with zero attached hydrogens (tertiary/aromatic N) is 2. The minimum absolute atomic E-state index is 0.705. The minimum Gasteiger partial charge on any atom is -0.454 e. The van der Waals surface area contributed by atoms with Gasteiger partial charge in [-0.1, -0.05) is 97.1 Å². The molecule has 0 aliphatic heterocycles. The van der Waals surface area contributed by atoms with Gasteiger partial charge in [-0.3, -0.25) is 0 Å². The summed E-state index contributed by atoms with van der Waals surface area (Å²) in [6, 6.07) is 59.6. The molecule has 3 nitrogen and oxygen atoms in total. The van der Waals surface area contributed by atoms with Crippen LogP contribution in [0.25, 0.3) is 32.7 Å². The first-order valence-electron chi connectivity index (χ1n) is 19.5. The zero-order valence-electron chi connectivity index (χ0n) is 29.8. The van der Waals surface area contributed by atoms with Gasteiger partial charge in [0.25, 0.3) is 0 Å². The first-order valence-corrected chi connectivity index (χ1v) is 19.5. The monoisotopic (exact) mass is 686 g/mol. The summed E-state index contributed by atoms with van der Waals surface area (Å²) in [5.74, 6) is 4.37. The Hall–Kier alpha value is -5.80. The smallest absolute Gasteiger partial charge is 0.159 e. The van der Waals surface area contributed by atoms with Gasteiger partial charge < -0.3 is 14.2 Å². The van der Waals surface area contributed by atoms with Crippen molar-refractivity contribution in [3.63, 3.8) is 0 Å². The standard InChI is InChI=1S/C50H42N2O/c1-3-13-40(14-4-1)52(41-15-5-2-6-16-41)47-32-44(31-46-45-17-9-10-18-48(45)53-50(46)47)51(43-24-19-35-11-7-8-12-37(35)30-43)42-22-20-36(21-23-42)49-38-26-33-25-34(28-38)29-39(49)27-33/h1-24,30-34,38-39,49H,25-29H2. The Balaban J connectivity index is 1.12. The van der Waals surface area contributed by atoms with Gasteiger partial charge in [-0.15, -0.1) is 0 Å². The molecule has 12 rings (SSSR count). The molecule has 4 aliphatic rings. The van der Waals surface area contributed by atoms with Crippen molar-refractivity contribution in [2.24, 2.45) is 23.7 Å². The van der Waals surface area contributed by atoms with E-state index in [0.717, 1.165) is 79.7 Å². The van der Waals surface area contributed by atoms with Crippen LogP contribution in [0, 0.1) is 23.7 Å². The van der Waals surface area contributed by atoms with E-state index in [1.807, 2.05) is 0 Å². The van der Waals surface area contributed by atoms with Crippen LogP contribution in [-0.4, -0.2) is 0 Å². The van der Waals surface area contributed by atoms with Crippen LogP contribution in [0.2, 0.25) is 0 Å². The van der Waals surface area contributed by atoms with Crippen LogP contribution < -0.4 is 9.80 Å². The highest BCUT2D eigenvalue weighted by atomic mass is 16.3. The van der Waals surface area contributed by atoms with E-state index in [1.165, 1.54) is 48.4 Å². The van der Waals surface area contributed by atoms with Crippen molar-refractivity contribution in [3.8, 4) is 0 Å². The molecule has 1 aromatic heterocycles. The van der Waals surface area contributed by atoms with Crippen LogP contribution in [0.5, 0.6) is 0 Å². The summed E-state index contributed by atoms with van der Waals surface area (Å²) in [7, 11) is 0. The Bertz CT molecular complexity index is 2520. The third-order valence-corrected chi connectivity index (χ3v) is 12.7. The second-order valence-electron chi connectivity index (χ2n) is 15.9. The van der Waals surface area contributed by atoms with E-state index >= 15 is 0 Å². The summed E-state index contributed by atoms with van der Waals surface area (Å²) in [6.07, 6.45) is 7.23. The minimum atomic E-state index is 0.705. The highest BCUT2D eigenvalue weighted by Crippen LogP contribution is 2.60. The van der Waals surface area contributed by atoms with Gasteiger partial charge in [0.2, 0.25) is 0 Å². The molecule has 4 bridgehead atoms. The average molecular weight is 687 g/mol. The van der Waals surface area contributed by atoms with Gasteiger partial charge in [0, 0.05) is 39.2 Å². The molecule has 3 heteroatoms. The predicted octanol–water partition coefficient (Wildman–Crippen LogP) is 14.2. The van der Waals surface area contributed by atoms with E-state index in [4.69, 9.17) is 4.42 Å². The van der Waals surface area contributed by atoms with Crippen LogP contribution in [-0.2, 0) is 0 Å². The van der Waals surface area contributed by atoms with E-state index < -0.39 is 0 Å². The van der Waals surface area contributed by atoms with Gasteiger partial charge in [0.1, 0.15) is 5.58 Å². The number of hydrogen-bond acceptors (Lipinski definition) is 3. The summed E-state index contributed by atoms with van der Waals surface area (Å²) in [4.78, 5) is 4.79. The number of furan rings is 1. The molecule has 0 spiro atoms. The maximum Gasteiger partial charge on any atom is 0.159 e. The Kier molecular flexibility index (Phi) is 7.21. The largest absolute Gasteiger partial charge is 0.454 e. The first kappa shape index (κ1) is 30.8. The lowest BCUT2D eigenvalue weighted by atomic mass is 9.51. The van der Waals surface area contributed by atoms with Crippen molar-refractivity contribution < 1.29 is 4.42 Å². The maximum atomic E-state index is 6.78. The third kappa shape index (κ3) is 5.24. The van der Waals surface area contributed by atoms with E-state index in [9.17, 15) is 0 Å². The van der Waals surface area contributed by atoms with Crippen molar-refractivity contribution in [2.45, 2.75) is 38.0 Å². The Morgan fingerprint density at radius 3 is 1.70 bits per heavy atom. The molecule has 8 aromatic rings. The zero-order chi connectivity index (χ0) is 34.9. The molecule has 0 radical (unpaired) electrons. The Morgan fingerprint density at radius 2 is 1.00 bits per heavy atom. The number of rotatable bonds is 7. The fourth-order valence-electron chi connectivity index (χ4n) is 10.7. The SMILES string of the molecule is c1ccc(N(c2ccccc2)c2cc(N(c3ccc(C4C5CC6CC(C5)CC4C6)cc3)c3ccc4ccccc4c3)cc3c2oc2ccccc23)cc1. The second kappa shape index (κ2) is 12.4. The topological polar surface area (TPSA) is 19.6 Å². The predicted molar refractivity (Wildman–Crippen MR) is 220 cm³/mol. The number of hydrogen-bond donors (Lipinski definition) is 0. The molecule has 0 N–H and O–H groups in total. The van der Waals surface area contributed by atoms with Crippen LogP contribution in [0.15, 0.2) is 168 Å². The summed E-state index contributed by atoms with van der Waals surface area (Å²) < 4.78 is 6.78. The van der Waals surface area contributed by atoms with Crippen LogP contribution >= 0.6 is 0 Å². The maximum absolute atomic E-state index is 6.78. The molecule has 4 aliphatic carbocycles. The molecule has 0 unspecified atom stereocenters. The highest BCUT2D eigenvalue weighted by molar-refractivity contribution is 6.12. The van der Waals surface area contributed by atoms with Crippen LogP contribution in [0.1, 0.15) is 43.6 Å². The fourth-order valence-corrected chi connectivity index (χ4v) is 10.7. The second-order valence-corrected chi connectivity index (χ2v) is 15.9. The van der Waals surface area contributed by atoms with Gasteiger partial charge >= 0.3 is 0 Å². The van der Waals surface area contributed by atoms with Gasteiger partial charge in [-0.2, -0.15) is 0 Å². The normalized spacial score (nSPS) is 21.8. The highest BCUT2D eigenvalue weighted by Gasteiger charge is 2.48. The summed E-state index contributed by atoms with van der Waals surface area (Å²) in [6.45, 7) is 0. The van der Waals surface area contributed by atoms with Crippen molar-refractivity contribution in [2.75, 3.05) is 9.80 Å². The molecule has 53 heavy (non-hydrogen) atoms. The van der Waals surface area contributed by atoms with E-state index in [2.05, 4.69) is 174 Å². The zero-order valence-corrected chi connectivity index (χ0v) is 29.8. The summed E-state index contributed by atoms with van der Waals surface area (Å²) >= 11 is 0. The molecule has 0 saturated heterocycles. The first-order chi connectivity index (χ1) is 26.2. The lowest BCUT2D eigenvalue weighted by molar-refractivity contribution is -0.00277. The van der Waals surface area contributed by atoms with Crippen molar-refractivity contribution in [1.82, 2.24) is 0 Å². The van der Waals surface area contributed by atoms with E-state index in [1.54, 1.807) is 0 Å². The number of benzene rings is 7. The molecule has 4 saturated carbocycles. The third-order valence-electron chi connectivity index (χ3n) is 12.7. The summed E-state index contributed by atoms with van der Waals surface area (Å²) in [5.41, 5.74) is 9.85. The number of fused-ring (bicyclic) bond motifs is 4. The van der Waals surface area contributed by atoms with Crippen LogP contribution in [0.4, 0.5) is 34.1 Å².